The van der Waals surface area contributed by atoms with Crippen LogP contribution in [-0.2, 0) is 11.8 Å². The molecule has 1 amide bonds. The Morgan fingerprint density at radius 3 is 2.81 bits per heavy atom. The molecular formula is C11H17N3O2. The number of aryl methyl sites for hydroxylation is 1. The smallest absolute Gasteiger partial charge is 0.250 e. The van der Waals surface area contributed by atoms with Crippen molar-refractivity contribution >= 4 is 11.6 Å². The summed E-state index contributed by atoms with van der Waals surface area (Å²) in [4.78, 5) is 22.6. The number of nitrogens with one attached hydrogen (secondary N) is 1. The van der Waals surface area contributed by atoms with E-state index in [1.54, 1.807) is 19.3 Å². The molecule has 0 aliphatic rings. The van der Waals surface area contributed by atoms with E-state index in [0.717, 1.165) is 6.42 Å². The molecule has 0 bridgehead atoms. The molecule has 1 aromatic rings. The quantitative estimate of drug-likeness (QED) is 0.778. The maximum absolute atomic E-state index is 11.5. The van der Waals surface area contributed by atoms with Gasteiger partial charge in [0.2, 0.25) is 11.5 Å². The van der Waals surface area contributed by atoms with Gasteiger partial charge in [0.25, 0.3) is 0 Å². The summed E-state index contributed by atoms with van der Waals surface area (Å²) >= 11 is 0. The molecule has 0 aromatic carbocycles. The van der Waals surface area contributed by atoms with Gasteiger partial charge in [-0.25, -0.2) is 0 Å². The molecule has 1 heterocycles. The molecule has 5 nitrogen and oxygen atoms in total. The van der Waals surface area contributed by atoms with Gasteiger partial charge in [0.1, 0.15) is 0 Å². The van der Waals surface area contributed by atoms with Crippen LogP contribution in [0.5, 0.6) is 0 Å². The van der Waals surface area contributed by atoms with Gasteiger partial charge in [-0.05, 0) is 12.5 Å². The summed E-state index contributed by atoms with van der Waals surface area (Å²) in [5.41, 5.74) is 6.16. The number of aromatic nitrogens is 1. The predicted molar refractivity (Wildman–Crippen MR) is 63.2 cm³/mol. The number of carbonyl (C=O) groups excluding carboxylic acids is 1. The molecule has 0 aliphatic carbocycles. The Morgan fingerprint density at radius 2 is 2.25 bits per heavy atom. The molecule has 0 saturated carbocycles. The first kappa shape index (κ1) is 12.4. The number of nitrogens with zero attached hydrogens (tertiary/aromatic N) is 1. The van der Waals surface area contributed by atoms with Crippen LogP contribution in [0.15, 0.2) is 23.1 Å². The fourth-order valence-corrected chi connectivity index (χ4v) is 1.26. The van der Waals surface area contributed by atoms with Crippen LogP contribution < -0.4 is 16.6 Å². The lowest BCUT2D eigenvalue weighted by Crippen LogP contribution is -2.26. The second-order valence-electron chi connectivity index (χ2n) is 3.79. The first-order valence-electron chi connectivity index (χ1n) is 5.25. The summed E-state index contributed by atoms with van der Waals surface area (Å²) in [5.74, 6) is -0.131. The monoisotopic (exact) mass is 223 g/mol. The van der Waals surface area contributed by atoms with E-state index >= 15 is 0 Å². The van der Waals surface area contributed by atoms with Crippen molar-refractivity contribution in [2.45, 2.75) is 25.8 Å². The zero-order chi connectivity index (χ0) is 12.1. The van der Waals surface area contributed by atoms with Crippen LogP contribution in [0.4, 0.5) is 5.69 Å². The van der Waals surface area contributed by atoms with Crippen molar-refractivity contribution in [2.24, 2.45) is 12.8 Å². The predicted octanol–water partition coefficient (Wildman–Crippen LogP) is 0.451. The molecule has 0 aliphatic heterocycles. The van der Waals surface area contributed by atoms with Gasteiger partial charge in [-0.2, -0.15) is 0 Å². The Morgan fingerprint density at radius 1 is 1.56 bits per heavy atom. The number of hydrogen-bond donors (Lipinski definition) is 2. The number of pyridine rings is 1. The summed E-state index contributed by atoms with van der Waals surface area (Å²) < 4.78 is 1.41. The molecule has 1 unspecified atom stereocenters. The van der Waals surface area contributed by atoms with E-state index in [2.05, 4.69) is 5.32 Å². The third kappa shape index (κ3) is 3.51. The molecule has 16 heavy (non-hydrogen) atoms. The Labute approximate surface area is 94.3 Å². The van der Waals surface area contributed by atoms with Crippen LogP contribution in [0, 0.1) is 0 Å². The molecule has 0 radical (unpaired) electrons. The largest absolute Gasteiger partial charge is 0.327 e. The molecule has 0 spiro atoms. The number of rotatable bonds is 4. The Bertz CT molecular complexity index is 425. The average Bonchev–Trinajstić information content (AvgIpc) is 2.23. The molecule has 88 valence electrons. The van der Waals surface area contributed by atoms with E-state index in [-0.39, 0.29) is 17.5 Å². The number of nitrogens with two attached hydrogens (primary N) is 1. The molecule has 5 heteroatoms. The Balaban J connectivity index is 2.63. The number of amides is 1. The van der Waals surface area contributed by atoms with Crippen molar-refractivity contribution in [1.82, 2.24) is 4.57 Å². The second kappa shape index (κ2) is 5.46. The van der Waals surface area contributed by atoms with E-state index in [1.807, 2.05) is 6.92 Å². The third-order valence-electron chi connectivity index (χ3n) is 2.34. The number of anilines is 1. The minimum absolute atomic E-state index is 0.108. The van der Waals surface area contributed by atoms with Crippen molar-refractivity contribution in [3.05, 3.63) is 28.7 Å². The molecule has 1 aromatic heterocycles. The minimum Gasteiger partial charge on any atom is -0.327 e. The van der Waals surface area contributed by atoms with Crippen molar-refractivity contribution < 1.29 is 4.79 Å². The lowest BCUT2D eigenvalue weighted by Gasteiger charge is -2.09. The van der Waals surface area contributed by atoms with Gasteiger partial charge in [0.15, 0.2) is 0 Å². The fourth-order valence-electron chi connectivity index (χ4n) is 1.26. The molecule has 0 fully saturated rings. The highest BCUT2D eigenvalue weighted by molar-refractivity contribution is 5.90. The van der Waals surface area contributed by atoms with E-state index in [0.29, 0.717) is 12.1 Å². The van der Waals surface area contributed by atoms with E-state index < -0.39 is 0 Å². The standard InChI is InChI=1S/C11H17N3O2/c1-3-8(12)6-10(15)13-9-4-5-11(16)14(2)7-9/h4-5,7-8H,3,6,12H2,1-2H3,(H,13,15). The van der Waals surface area contributed by atoms with Crippen LogP contribution in [0.3, 0.4) is 0 Å². The van der Waals surface area contributed by atoms with Gasteiger partial charge in [-0.3, -0.25) is 9.59 Å². The van der Waals surface area contributed by atoms with Crippen LogP contribution in [0.25, 0.3) is 0 Å². The zero-order valence-corrected chi connectivity index (χ0v) is 9.56. The molecule has 3 N–H and O–H groups in total. The SMILES string of the molecule is CCC(N)CC(=O)Nc1ccc(=O)n(C)c1. The zero-order valence-electron chi connectivity index (χ0n) is 9.56. The number of hydrogen-bond acceptors (Lipinski definition) is 3. The maximum Gasteiger partial charge on any atom is 0.250 e. The topological polar surface area (TPSA) is 77.1 Å². The molecule has 1 rings (SSSR count). The van der Waals surface area contributed by atoms with Crippen LogP contribution in [0.2, 0.25) is 0 Å². The van der Waals surface area contributed by atoms with Crippen molar-refractivity contribution in [2.75, 3.05) is 5.32 Å². The normalized spacial score (nSPS) is 12.2. The van der Waals surface area contributed by atoms with Crippen LogP contribution in [-0.4, -0.2) is 16.5 Å². The lowest BCUT2D eigenvalue weighted by molar-refractivity contribution is -0.116. The van der Waals surface area contributed by atoms with Crippen molar-refractivity contribution in [3.8, 4) is 0 Å². The van der Waals surface area contributed by atoms with Gasteiger partial charge in [-0.15, -0.1) is 0 Å². The second-order valence-corrected chi connectivity index (χ2v) is 3.79. The minimum atomic E-state index is -0.131. The molecule has 0 saturated heterocycles. The van der Waals surface area contributed by atoms with Gasteiger partial charge in [0.05, 0.1) is 5.69 Å². The van der Waals surface area contributed by atoms with Crippen LogP contribution in [0.1, 0.15) is 19.8 Å². The Hall–Kier alpha value is -1.62. The van der Waals surface area contributed by atoms with Gasteiger partial charge in [-0.1, -0.05) is 6.92 Å². The Kier molecular flexibility index (Phi) is 4.25. The first-order valence-corrected chi connectivity index (χ1v) is 5.25. The highest BCUT2D eigenvalue weighted by Crippen LogP contribution is 2.04. The summed E-state index contributed by atoms with van der Waals surface area (Å²) in [5, 5.41) is 2.70. The van der Waals surface area contributed by atoms with Crippen molar-refractivity contribution in [3.63, 3.8) is 0 Å². The van der Waals surface area contributed by atoms with E-state index in [1.165, 1.54) is 10.6 Å². The van der Waals surface area contributed by atoms with Gasteiger partial charge >= 0.3 is 0 Å². The number of carbonyl (C=O) groups is 1. The van der Waals surface area contributed by atoms with E-state index in [4.69, 9.17) is 5.73 Å². The molecular weight excluding hydrogens is 206 g/mol. The highest BCUT2D eigenvalue weighted by atomic mass is 16.1. The first-order chi connectivity index (χ1) is 7.52. The van der Waals surface area contributed by atoms with Crippen molar-refractivity contribution in [1.29, 1.82) is 0 Å². The summed E-state index contributed by atoms with van der Waals surface area (Å²) in [6.07, 6.45) is 2.64. The summed E-state index contributed by atoms with van der Waals surface area (Å²) in [6, 6.07) is 2.88. The molecule has 1 atom stereocenters. The third-order valence-corrected chi connectivity index (χ3v) is 2.34. The lowest BCUT2D eigenvalue weighted by atomic mass is 10.1. The van der Waals surface area contributed by atoms with Gasteiger partial charge in [0, 0.05) is 31.8 Å². The summed E-state index contributed by atoms with van der Waals surface area (Å²) in [6.45, 7) is 1.93. The van der Waals surface area contributed by atoms with Gasteiger partial charge < -0.3 is 15.6 Å². The maximum atomic E-state index is 11.5. The fraction of sp³-hybridized carbons (Fsp3) is 0.455. The summed E-state index contributed by atoms with van der Waals surface area (Å²) in [7, 11) is 1.63. The van der Waals surface area contributed by atoms with Crippen LogP contribution >= 0.6 is 0 Å². The van der Waals surface area contributed by atoms with E-state index in [9.17, 15) is 9.59 Å². The average molecular weight is 223 g/mol. The highest BCUT2D eigenvalue weighted by Gasteiger charge is 2.07.